The van der Waals surface area contributed by atoms with Crippen LogP contribution in [-0.4, -0.2) is 113 Å². The summed E-state index contributed by atoms with van der Waals surface area (Å²) in [6.45, 7) is 13.2. The van der Waals surface area contributed by atoms with E-state index in [2.05, 4.69) is 50.6 Å². The fourth-order valence-corrected chi connectivity index (χ4v) is 12.8. The summed E-state index contributed by atoms with van der Waals surface area (Å²) in [7, 11) is -3.99. The summed E-state index contributed by atoms with van der Waals surface area (Å²) in [5.74, 6) is 1.46. The fourth-order valence-electron chi connectivity index (χ4n) is 10.8. The zero-order valence-corrected chi connectivity index (χ0v) is 35.7. The predicted molar refractivity (Wildman–Crippen MR) is 226 cm³/mol. The number of hydrogen-bond acceptors (Lipinski definition) is 9. The number of ether oxygens (including phenoxy) is 3. The van der Waals surface area contributed by atoms with Gasteiger partial charge in [0, 0.05) is 75.0 Å². The Kier molecular flexibility index (Phi) is 13.1. The fraction of sp³-hybridized carbons (Fsp3) is 0.711. The maximum Gasteiger partial charge on any atom is 0.264 e. The lowest BCUT2D eigenvalue weighted by Gasteiger charge is -2.53. The molecule has 1 N–H and O–H groups in total. The number of nitrogens with zero attached hydrogens (tertiary/aromatic N) is 3. The number of fused-ring (bicyclic) bond motifs is 4. The largest absolute Gasteiger partial charge is 0.491 e. The van der Waals surface area contributed by atoms with Gasteiger partial charge in [-0.05, 0) is 99.3 Å². The number of rotatable bonds is 6. The second-order valence-electron chi connectivity index (χ2n) is 18.2. The van der Waals surface area contributed by atoms with Crippen molar-refractivity contribution < 1.29 is 27.4 Å². The Morgan fingerprint density at radius 3 is 2.67 bits per heavy atom. The van der Waals surface area contributed by atoms with Crippen molar-refractivity contribution >= 4 is 33.2 Å². The second-order valence-corrected chi connectivity index (χ2v) is 20.5. The average molecular weight is 826 g/mol. The topological polar surface area (TPSA) is 101 Å². The number of carbonyl (C=O) groups excluding carboxylic acids is 1. The highest BCUT2D eigenvalue weighted by Crippen LogP contribution is 2.47. The molecule has 0 aromatic heterocycles. The van der Waals surface area contributed by atoms with E-state index in [1.165, 1.54) is 0 Å². The molecule has 57 heavy (non-hydrogen) atoms. The van der Waals surface area contributed by atoms with E-state index in [0.717, 1.165) is 127 Å². The summed E-state index contributed by atoms with van der Waals surface area (Å²) in [5.41, 5.74) is 0.675. The number of carbonyl (C=O) groups is 1. The molecule has 3 aliphatic carbocycles. The van der Waals surface area contributed by atoms with E-state index in [-0.39, 0.29) is 17.8 Å². The molecule has 8 rings (SSSR count). The maximum atomic E-state index is 14.3. The van der Waals surface area contributed by atoms with E-state index < -0.39 is 26.8 Å². The van der Waals surface area contributed by atoms with Crippen molar-refractivity contribution in [2.24, 2.45) is 35.5 Å². The Hall–Kier alpha value is -2.41. The zero-order chi connectivity index (χ0) is 39.6. The molecule has 3 unspecified atom stereocenters. The van der Waals surface area contributed by atoms with Gasteiger partial charge in [0.05, 0.1) is 30.8 Å². The summed E-state index contributed by atoms with van der Waals surface area (Å²) in [6.07, 6.45) is 20.5. The molecule has 4 fully saturated rings. The number of hydrogen-bond donors (Lipinski definition) is 1. The molecule has 7 aliphatic rings. The molecule has 0 radical (unpaired) electrons. The minimum Gasteiger partial charge on any atom is -0.491 e. The summed E-state index contributed by atoms with van der Waals surface area (Å²) in [4.78, 5) is 21.6. The normalized spacial score (nSPS) is 36.1. The first-order chi connectivity index (χ1) is 27.6. The molecule has 8 atom stereocenters. The summed E-state index contributed by atoms with van der Waals surface area (Å²) in [6, 6.07) is 5.88. The number of nitrogens with one attached hydrogen (secondary N) is 1. The van der Waals surface area contributed by atoms with Crippen LogP contribution in [0.2, 0.25) is 0 Å². The Bertz CT molecular complexity index is 1780. The first-order valence-corrected chi connectivity index (χ1v) is 24.0. The van der Waals surface area contributed by atoms with Crippen LogP contribution in [0.15, 0.2) is 53.6 Å². The van der Waals surface area contributed by atoms with Crippen molar-refractivity contribution in [3.63, 3.8) is 0 Å². The van der Waals surface area contributed by atoms with Crippen LogP contribution in [0.25, 0.3) is 0 Å². The Balaban J connectivity index is 1.17. The summed E-state index contributed by atoms with van der Waals surface area (Å²) >= 11 is 6.48. The highest BCUT2D eigenvalue weighted by molar-refractivity contribution is 7.90. The minimum absolute atomic E-state index is 0.182. The lowest BCUT2D eigenvalue weighted by Crippen LogP contribution is -2.62. The molecule has 2 saturated heterocycles. The smallest absolute Gasteiger partial charge is 0.264 e. The molecule has 10 nitrogen and oxygen atoms in total. The number of sulfonamides is 1. The molecule has 2 bridgehead atoms. The van der Waals surface area contributed by atoms with Crippen molar-refractivity contribution in [1.29, 1.82) is 0 Å². The second kappa shape index (κ2) is 18.1. The van der Waals surface area contributed by atoms with E-state index in [0.29, 0.717) is 55.4 Å². The molecule has 4 heterocycles. The average Bonchev–Trinajstić information content (AvgIpc) is 3.18. The van der Waals surface area contributed by atoms with Gasteiger partial charge < -0.3 is 19.1 Å². The quantitative estimate of drug-likeness (QED) is 0.304. The first-order valence-electron chi connectivity index (χ1n) is 22.1. The van der Waals surface area contributed by atoms with Gasteiger partial charge in [-0.1, -0.05) is 68.5 Å². The van der Waals surface area contributed by atoms with Gasteiger partial charge in [0.25, 0.3) is 5.91 Å². The van der Waals surface area contributed by atoms with E-state index in [1.54, 1.807) is 6.07 Å². The highest BCUT2D eigenvalue weighted by Gasteiger charge is 2.49. The van der Waals surface area contributed by atoms with Crippen molar-refractivity contribution in [1.82, 2.24) is 14.5 Å². The SMILES string of the molecule is CCO[C@@]1(CN2CCN3CCOC[C@@H]3C2)/C=C/C[C@H](C)C(CC2CCC2)S(=O)(=O)NC(=O)c2ccc3c(c2)N(CCCCC2C=C(Cl)C=CC2CO3)C[C@@H]2CC[C@H]21. The number of amides is 1. The van der Waals surface area contributed by atoms with Crippen molar-refractivity contribution in [3.05, 3.63) is 59.2 Å². The van der Waals surface area contributed by atoms with Crippen LogP contribution in [0.5, 0.6) is 5.75 Å². The summed E-state index contributed by atoms with van der Waals surface area (Å²) in [5, 5.41) is 0.102. The number of allylic oxidation sites excluding steroid dienone is 4. The Morgan fingerprint density at radius 2 is 1.88 bits per heavy atom. The van der Waals surface area contributed by atoms with Crippen LogP contribution in [0.4, 0.5) is 5.69 Å². The van der Waals surface area contributed by atoms with E-state index in [1.807, 2.05) is 25.1 Å². The van der Waals surface area contributed by atoms with Gasteiger partial charge in [0.15, 0.2) is 0 Å². The third-order valence-electron chi connectivity index (χ3n) is 14.5. The number of benzene rings is 1. The van der Waals surface area contributed by atoms with Crippen LogP contribution in [0, 0.1) is 35.5 Å². The van der Waals surface area contributed by atoms with Crippen molar-refractivity contribution in [2.75, 3.05) is 77.1 Å². The number of piperazine rings is 1. The van der Waals surface area contributed by atoms with Crippen molar-refractivity contribution in [2.45, 2.75) is 94.9 Å². The molecular weight excluding hydrogens is 760 g/mol. The molecule has 1 aromatic rings. The molecule has 4 aliphatic heterocycles. The van der Waals surface area contributed by atoms with Gasteiger partial charge in [0.1, 0.15) is 11.4 Å². The maximum absolute atomic E-state index is 14.3. The van der Waals surface area contributed by atoms with Crippen LogP contribution < -0.4 is 14.4 Å². The van der Waals surface area contributed by atoms with Gasteiger partial charge in [-0.25, -0.2) is 13.1 Å². The number of morpholine rings is 1. The van der Waals surface area contributed by atoms with Crippen LogP contribution in [0.1, 0.15) is 88.4 Å². The molecule has 2 saturated carbocycles. The first kappa shape index (κ1) is 41.3. The predicted octanol–water partition coefficient (Wildman–Crippen LogP) is 7.01. The highest BCUT2D eigenvalue weighted by atomic mass is 35.5. The molecule has 12 heteroatoms. The van der Waals surface area contributed by atoms with Crippen LogP contribution >= 0.6 is 11.6 Å². The standard InChI is InChI=1S/C45H65ClN4O6S/c1-3-56-45(31-48-20-21-49-22-23-54-30-39(49)28-48)18-7-8-32(2)43(24-33-9-6-10-33)57(52,53)47-44(51)35-14-17-42-41(26-35)50(27-36-13-16-40(36)45)19-5-4-11-34-25-38(46)15-12-37(34)29-55-42/h7,12,14-15,17-18,25-26,32-34,36-37,39-40,43H,3-6,8-11,13,16,19-24,27-31H2,1-2H3,(H,47,51)/b18-7+/t32-,34?,36-,37?,39-,40+,43?,45+/m0/s1. The Morgan fingerprint density at radius 1 is 1.00 bits per heavy atom. The van der Waals surface area contributed by atoms with Crippen LogP contribution in [-0.2, 0) is 19.5 Å². The molecule has 1 amide bonds. The van der Waals surface area contributed by atoms with Crippen LogP contribution in [0.3, 0.4) is 0 Å². The van der Waals surface area contributed by atoms with Gasteiger partial charge in [-0.3, -0.25) is 14.6 Å². The number of halogens is 1. The third kappa shape index (κ3) is 9.34. The lowest BCUT2D eigenvalue weighted by molar-refractivity contribution is -0.121. The summed E-state index contributed by atoms with van der Waals surface area (Å²) < 4.78 is 50.9. The van der Waals surface area contributed by atoms with Crippen molar-refractivity contribution in [3.8, 4) is 5.75 Å². The molecule has 314 valence electrons. The van der Waals surface area contributed by atoms with E-state index in [9.17, 15) is 13.2 Å². The van der Waals surface area contributed by atoms with Gasteiger partial charge in [-0.15, -0.1) is 0 Å². The molecule has 0 spiro atoms. The van der Waals surface area contributed by atoms with Gasteiger partial charge in [-0.2, -0.15) is 0 Å². The third-order valence-corrected chi connectivity index (χ3v) is 16.7. The zero-order valence-electron chi connectivity index (χ0n) is 34.2. The minimum atomic E-state index is -3.99. The lowest BCUT2D eigenvalue weighted by atomic mass is 9.63. The number of anilines is 1. The monoisotopic (exact) mass is 824 g/mol. The molecule has 1 aromatic carbocycles. The molecular formula is C45H65ClN4O6S. The van der Waals surface area contributed by atoms with Gasteiger partial charge >= 0.3 is 0 Å². The Labute approximate surface area is 346 Å². The van der Waals surface area contributed by atoms with E-state index >= 15 is 0 Å². The van der Waals surface area contributed by atoms with Gasteiger partial charge in [0.2, 0.25) is 10.0 Å². The van der Waals surface area contributed by atoms with E-state index in [4.69, 9.17) is 25.8 Å².